The molecule has 15 rings (SSSR count). The second-order valence-corrected chi connectivity index (χ2v) is 16.4. The van der Waals surface area contributed by atoms with E-state index in [4.69, 9.17) is 9.97 Å². The van der Waals surface area contributed by atoms with Gasteiger partial charge >= 0.3 is 0 Å². The Balaban J connectivity index is 1.52. The van der Waals surface area contributed by atoms with Gasteiger partial charge in [0.25, 0.3) is 0 Å². The Bertz CT molecular complexity index is 3250. The van der Waals surface area contributed by atoms with E-state index in [0.29, 0.717) is 0 Å². The van der Waals surface area contributed by atoms with Gasteiger partial charge in [0.05, 0.1) is 22.1 Å². The van der Waals surface area contributed by atoms with Crippen LogP contribution in [-0.2, 0) is 0 Å². The molecule has 0 saturated carbocycles. The lowest BCUT2D eigenvalue weighted by Gasteiger charge is -2.15. The molecule has 0 N–H and O–H groups in total. The molecular formula is C56H42N4. The molecule has 286 valence electrons. The largest absolute Gasteiger partial charge is 0.378 e. The highest BCUT2D eigenvalue weighted by Crippen LogP contribution is 2.39. The molecule has 60 heavy (non-hydrogen) atoms. The van der Waals surface area contributed by atoms with Crippen LogP contribution in [0.25, 0.3) is 108 Å². The zero-order chi connectivity index (χ0) is 40.5. The Morgan fingerprint density at radius 3 is 0.850 bits per heavy atom. The van der Waals surface area contributed by atoms with Gasteiger partial charge in [0.2, 0.25) is 0 Å². The number of fused-ring (bicyclic) bond motifs is 4. The summed E-state index contributed by atoms with van der Waals surface area (Å²) < 4.78 is 0. The van der Waals surface area contributed by atoms with Crippen molar-refractivity contribution in [3.8, 4) is 0 Å². The number of aromatic nitrogens is 2. The summed E-state index contributed by atoms with van der Waals surface area (Å²) in [5.41, 5.74) is 5.76. The average Bonchev–Trinajstić information content (AvgIpc) is 3.57. The maximum absolute atomic E-state index is 5.91. The van der Waals surface area contributed by atoms with E-state index in [-0.39, 0.29) is 0 Å². The van der Waals surface area contributed by atoms with Crippen LogP contribution in [-0.4, -0.2) is 38.2 Å². The molecule has 15 aromatic rings. The lowest BCUT2D eigenvalue weighted by atomic mass is 10.0. The van der Waals surface area contributed by atoms with Gasteiger partial charge in [-0.15, -0.1) is 0 Å². The van der Waals surface area contributed by atoms with Gasteiger partial charge < -0.3 is 9.80 Å². The van der Waals surface area contributed by atoms with Crippen LogP contribution >= 0.6 is 0 Å². The standard InChI is InChI=1S/C56H42N4/c1-59(2)44-31-48-39-23-15-35(16-24-39)11-13-37-19-27-41(28-20-37)50-33-45(60(3)4)34-51-42-29-21-38(22-30-42)14-12-36-17-25-40(26-18-36)49(32-44)53(48)57-55-46-9-5-7-43-8-6-10-47(52(43)46)56(55)58-54(50)51/h5-34H,1-4H3. The zero-order valence-electron chi connectivity index (χ0n) is 34.1. The summed E-state index contributed by atoms with van der Waals surface area (Å²) in [7, 11) is 8.44. The van der Waals surface area contributed by atoms with Crippen LogP contribution in [0.3, 0.4) is 0 Å². The Kier molecular flexibility index (Phi) is 8.35. The first-order valence-corrected chi connectivity index (χ1v) is 20.5. The van der Waals surface area contributed by atoms with Crippen LogP contribution in [0.4, 0.5) is 11.4 Å². The number of nitrogens with zero attached hydrogens (tertiary/aromatic N) is 4. The third-order valence-corrected chi connectivity index (χ3v) is 12.1. The van der Waals surface area contributed by atoms with Crippen molar-refractivity contribution in [3.63, 3.8) is 0 Å². The van der Waals surface area contributed by atoms with Crippen LogP contribution < -0.4 is 9.80 Å². The van der Waals surface area contributed by atoms with E-state index in [1.807, 2.05) is 0 Å². The highest BCUT2D eigenvalue weighted by molar-refractivity contribution is 6.29. The van der Waals surface area contributed by atoms with Gasteiger partial charge in [-0.3, -0.25) is 0 Å². The number of hydrogen-bond donors (Lipinski definition) is 0. The molecule has 0 aliphatic heterocycles. The molecule has 0 amide bonds. The van der Waals surface area contributed by atoms with Crippen LogP contribution in [0.5, 0.6) is 0 Å². The maximum atomic E-state index is 5.91. The zero-order valence-corrected chi connectivity index (χ0v) is 34.1. The highest BCUT2D eigenvalue weighted by Gasteiger charge is 2.16. The van der Waals surface area contributed by atoms with Crippen LogP contribution in [0.15, 0.2) is 182 Å². The number of rotatable bonds is 2. The minimum absolute atomic E-state index is 0.863. The fourth-order valence-electron chi connectivity index (χ4n) is 8.80. The van der Waals surface area contributed by atoms with Crippen molar-refractivity contribution < 1.29 is 0 Å². The molecule has 0 aliphatic rings. The Morgan fingerprint density at radius 1 is 0.283 bits per heavy atom. The highest BCUT2D eigenvalue weighted by atomic mass is 15.1. The molecule has 0 radical (unpaired) electrons. The topological polar surface area (TPSA) is 32.3 Å². The molecule has 0 aliphatic carbocycles. The van der Waals surface area contributed by atoms with Crippen molar-refractivity contribution in [3.05, 3.63) is 182 Å². The molecule has 9 aromatic carbocycles. The second-order valence-electron chi connectivity index (χ2n) is 16.4. The SMILES string of the molecule is CN(C)c1cc2c3ccc(ccc4ccc(cc4)c4cc(N(C)C)cc5c6ccc(ccc7ccc(cc7)c(c1)c2nc1c2cccc7cccc(c1nc45)c72)cc6)cc3. The van der Waals surface area contributed by atoms with Crippen LogP contribution in [0.1, 0.15) is 0 Å². The van der Waals surface area contributed by atoms with Gasteiger partial charge in [0.15, 0.2) is 0 Å². The van der Waals surface area contributed by atoms with Crippen molar-refractivity contribution in [2.24, 2.45) is 0 Å². The molecular weight excluding hydrogens is 729 g/mol. The summed E-state index contributed by atoms with van der Waals surface area (Å²) in [6.45, 7) is 0. The first-order valence-electron chi connectivity index (χ1n) is 20.5. The van der Waals surface area contributed by atoms with E-state index in [9.17, 15) is 0 Å². The van der Waals surface area contributed by atoms with E-state index < -0.39 is 0 Å². The summed E-state index contributed by atoms with van der Waals surface area (Å²) in [4.78, 5) is 16.2. The molecule has 0 fully saturated rings. The third-order valence-electron chi connectivity index (χ3n) is 12.1. The first kappa shape index (κ1) is 35.6. The minimum atomic E-state index is 0.863. The Morgan fingerprint density at radius 2 is 0.567 bits per heavy atom. The van der Waals surface area contributed by atoms with E-state index in [1.54, 1.807) is 0 Å². The average molecular weight is 771 g/mol. The van der Waals surface area contributed by atoms with Crippen molar-refractivity contribution >= 4 is 120 Å². The van der Waals surface area contributed by atoms with E-state index >= 15 is 0 Å². The van der Waals surface area contributed by atoms with Crippen LogP contribution in [0.2, 0.25) is 0 Å². The van der Waals surface area contributed by atoms with E-state index in [2.05, 4.69) is 220 Å². The summed E-state index contributed by atoms with van der Waals surface area (Å²) in [5, 5.41) is 17.7. The molecule has 4 heteroatoms. The van der Waals surface area contributed by atoms with Gasteiger partial charge in [-0.1, -0.05) is 158 Å². The smallest absolute Gasteiger partial charge is 0.0979 e. The molecule has 6 heterocycles. The van der Waals surface area contributed by atoms with Crippen LogP contribution in [0, 0.1) is 0 Å². The van der Waals surface area contributed by atoms with Crippen molar-refractivity contribution in [1.29, 1.82) is 0 Å². The lowest BCUT2D eigenvalue weighted by molar-refractivity contribution is 1.14. The summed E-state index contributed by atoms with van der Waals surface area (Å²) in [6.07, 6.45) is 0. The monoisotopic (exact) mass is 770 g/mol. The minimum Gasteiger partial charge on any atom is -0.378 e. The lowest BCUT2D eigenvalue weighted by Crippen LogP contribution is -2.08. The van der Waals surface area contributed by atoms with Gasteiger partial charge in [0.1, 0.15) is 0 Å². The Hall–Kier alpha value is -7.56. The summed E-state index contributed by atoms with van der Waals surface area (Å²) in [5.74, 6) is 0. The fraction of sp³-hybridized carbons (Fsp3) is 0.0714. The van der Waals surface area contributed by atoms with E-state index in [0.717, 1.165) is 109 Å². The Labute approximate surface area is 348 Å². The summed E-state index contributed by atoms with van der Waals surface area (Å²) >= 11 is 0. The predicted molar refractivity (Wildman–Crippen MR) is 261 cm³/mol. The van der Waals surface area contributed by atoms with Crippen molar-refractivity contribution in [2.75, 3.05) is 38.0 Å². The molecule has 10 bridgehead atoms. The number of hydrogen-bond acceptors (Lipinski definition) is 4. The van der Waals surface area contributed by atoms with E-state index in [1.165, 1.54) is 10.8 Å². The van der Waals surface area contributed by atoms with Crippen molar-refractivity contribution in [1.82, 2.24) is 9.97 Å². The molecule has 0 saturated heterocycles. The number of anilines is 2. The molecule has 4 nitrogen and oxygen atoms in total. The third kappa shape index (κ3) is 6.08. The van der Waals surface area contributed by atoms with Gasteiger partial charge in [-0.25, -0.2) is 9.97 Å². The van der Waals surface area contributed by atoms with Gasteiger partial charge in [-0.2, -0.15) is 0 Å². The molecule has 0 spiro atoms. The molecule has 0 atom stereocenters. The normalized spacial score (nSPS) is 11.7. The fourth-order valence-corrected chi connectivity index (χ4v) is 8.80. The van der Waals surface area contributed by atoms with Gasteiger partial charge in [-0.05, 0) is 72.7 Å². The maximum Gasteiger partial charge on any atom is 0.0979 e. The first-order chi connectivity index (χ1) is 29.3. The predicted octanol–water partition coefficient (Wildman–Crippen LogP) is 14.4. The summed E-state index contributed by atoms with van der Waals surface area (Å²) in [6, 6.07) is 66.6. The molecule has 6 aromatic heterocycles. The second kappa shape index (κ2) is 14.1. The van der Waals surface area contributed by atoms with Gasteiger partial charge in [0, 0.05) is 77.3 Å². The van der Waals surface area contributed by atoms with Crippen molar-refractivity contribution in [2.45, 2.75) is 0 Å². The molecule has 0 unspecified atom stereocenters. The number of benzene rings is 8. The quantitative estimate of drug-likeness (QED) is 0.175.